The second-order valence-corrected chi connectivity index (χ2v) is 6.55. The van der Waals surface area contributed by atoms with Crippen molar-refractivity contribution in [2.45, 2.75) is 12.8 Å². The first-order valence-corrected chi connectivity index (χ1v) is 8.27. The third kappa shape index (κ3) is 2.46. The Bertz CT molecular complexity index is 737. The minimum absolute atomic E-state index is 0.254. The molecule has 0 spiro atoms. The van der Waals surface area contributed by atoms with E-state index < -0.39 is 0 Å². The number of aliphatic hydroxyl groups is 1. The number of hydrogen-bond donors (Lipinski definition) is 1. The molecule has 1 N–H and O–H groups in total. The number of nitrogens with zero attached hydrogens (tertiary/aromatic N) is 5. The van der Waals surface area contributed by atoms with Gasteiger partial charge in [0.15, 0.2) is 0 Å². The first kappa shape index (κ1) is 13.7. The van der Waals surface area contributed by atoms with Crippen molar-refractivity contribution in [3.63, 3.8) is 0 Å². The van der Waals surface area contributed by atoms with Crippen LogP contribution in [0.25, 0.3) is 16.2 Å². The minimum atomic E-state index is 0.254. The zero-order valence-electron chi connectivity index (χ0n) is 12.1. The summed E-state index contributed by atoms with van der Waals surface area (Å²) in [4.78, 5) is 11.9. The lowest BCUT2D eigenvalue weighted by molar-refractivity contribution is 0.208. The molecule has 1 fully saturated rings. The van der Waals surface area contributed by atoms with Gasteiger partial charge in [0.1, 0.15) is 0 Å². The predicted octanol–water partition coefficient (Wildman–Crippen LogP) is 2.06. The van der Waals surface area contributed by atoms with Crippen molar-refractivity contribution < 1.29 is 5.11 Å². The summed E-state index contributed by atoms with van der Waals surface area (Å²) in [5.74, 6) is 0.357. The summed E-state index contributed by atoms with van der Waals surface area (Å²) in [6, 6.07) is 3.90. The summed E-state index contributed by atoms with van der Waals surface area (Å²) >= 11 is 1.60. The fraction of sp³-hybridized carbons (Fsp3) is 0.400. The van der Waals surface area contributed by atoms with Gasteiger partial charge in [-0.15, -0.1) is 5.10 Å². The van der Waals surface area contributed by atoms with E-state index in [9.17, 15) is 5.11 Å². The SMILES string of the molecule is OCC1CCCN(c2nn3cc(-c4cccnc4)nc3s2)C1. The van der Waals surface area contributed by atoms with Crippen LogP contribution in [0.2, 0.25) is 0 Å². The fourth-order valence-corrected chi connectivity index (χ4v) is 3.78. The van der Waals surface area contributed by atoms with Gasteiger partial charge >= 0.3 is 0 Å². The lowest BCUT2D eigenvalue weighted by Crippen LogP contribution is -2.36. The van der Waals surface area contributed by atoms with Gasteiger partial charge in [0.05, 0.1) is 11.9 Å². The van der Waals surface area contributed by atoms with E-state index in [4.69, 9.17) is 0 Å². The molecule has 0 saturated carbocycles. The summed E-state index contributed by atoms with van der Waals surface area (Å²) < 4.78 is 1.84. The van der Waals surface area contributed by atoms with Crippen LogP contribution in [0, 0.1) is 5.92 Å². The molecule has 1 saturated heterocycles. The van der Waals surface area contributed by atoms with Crippen LogP contribution in [-0.4, -0.2) is 44.4 Å². The maximum Gasteiger partial charge on any atom is 0.214 e. The second-order valence-electron chi connectivity index (χ2n) is 5.62. The Labute approximate surface area is 132 Å². The molecular weight excluding hydrogens is 298 g/mol. The first-order valence-electron chi connectivity index (χ1n) is 7.46. The van der Waals surface area contributed by atoms with Crippen molar-refractivity contribution in [2.24, 2.45) is 5.92 Å². The Morgan fingerprint density at radius 2 is 2.36 bits per heavy atom. The van der Waals surface area contributed by atoms with Gasteiger partial charge in [0.25, 0.3) is 0 Å². The van der Waals surface area contributed by atoms with Gasteiger partial charge in [-0.3, -0.25) is 4.98 Å². The van der Waals surface area contributed by atoms with Crippen molar-refractivity contribution in [3.8, 4) is 11.3 Å². The van der Waals surface area contributed by atoms with Crippen molar-refractivity contribution in [2.75, 3.05) is 24.6 Å². The summed E-state index contributed by atoms with van der Waals surface area (Å²) in [7, 11) is 0. The van der Waals surface area contributed by atoms with Gasteiger partial charge in [-0.2, -0.15) is 0 Å². The zero-order valence-corrected chi connectivity index (χ0v) is 12.9. The number of rotatable bonds is 3. The van der Waals surface area contributed by atoms with Crippen LogP contribution in [0.4, 0.5) is 5.13 Å². The number of anilines is 1. The molecule has 6 nitrogen and oxygen atoms in total. The molecule has 0 radical (unpaired) electrons. The van der Waals surface area contributed by atoms with E-state index in [1.54, 1.807) is 17.5 Å². The van der Waals surface area contributed by atoms with Crippen LogP contribution < -0.4 is 4.90 Å². The molecule has 22 heavy (non-hydrogen) atoms. The molecule has 0 bridgehead atoms. The Kier molecular flexibility index (Phi) is 3.51. The lowest BCUT2D eigenvalue weighted by atomic mass is 10.00. The van der Waals surface area contributed by atoms with Gasteiger partial charge in [-0.25, -0.2) is 9.50 Å². The molecule has 1 aliphatic rings. The maximum atomic E-state index is 9.35. The molecule has 1 unspecified atom stereocenters. The molecule has 3 aromatic rings. The second kappa shape index (κ2) is 5.66. The Morgan fingerprint density at radius 1 is 1.41 bits per heavy atom. The number of pyridine rings is 1. The molecule has 0 aromatic carbocycles. The molecule has 7 heteroatoms. The average molecular weight is 315 g/mol. The predicted molar refractivity (Wildman–Crippen MR) is 86.1 cm³/mol. The minimum Gasteiger partial charge on any atom is -0.396 e. The highest BCUT2D eigenvalue weighted by Crippen LogP contribution is 2.29. The van der Waals surface area contributed by atoms with E-state index in [1.807, 2.05) is 29.0 Å². The smallest absolute Gasteiger partial charge is 0.214 e. The number of fused-ring (bicyclic) bond motifs is 1. The van der Waals surface area contributed by atoms with Crippen LogP contribution in [0.3, 0.4) is 0 Å². The average Bonchev–Trinajstić information content (AvgIpc) is 3.14. The van der Waals surface area contributed by atoms with Crippen molar-refractivity contribution >= 4 is 21.4 Å². The van der Waals surface area contributed by atoms with Crippen LogP contribution in [-0.2, 0) is 0 Å². The van der Waals surface area contributed by atoms with E-state index in [2.05, 4.69) is 20.0 Å². The highest BCUT2D eigenvalue weighted by Gasteiger charge is 2.22. The number of piperidine rings is 1. The summed E-state index contributed by atoms with van der Waals surface area (Å²) in [5.41, 5.74) is 1.89. The Hall–Kier alpha value is -1.99. The molecule has 0 aliphatic carbocycles. The molecule has 1 atom stereocenters. The Balaban J connectivity index is 1.61. The van der Waals surface area contributed by atoms with Gasteiger partial charge in [0.2, 0.25) is 10.1 Å². The highest BCUT2D eigenvalue weighted by atomic mass is 32.1. The molecule has 114 valence electrons. The van der Waals surface area contributed by atoms with Crippen molar-refractivity contribution in [3.05, 3.63) is 30.7 Å². The van der Waals surface area contributed by atoms with Crippen molar-refractivity contribution in [1.29, 1.82) is 0 Å². The van der Waals surface area contributed by atoms with Crippen LogP contribution >= 0.6 is 11.3 Å². The van der Waals surface area contributed by atoms with Gasteiger partial charge in [-0.1, -0.05) is 11.3 Å². The van der Waals surface area contributed by atoms with E-state index in [0.29, 0.717) is 5.92 Å². The third-order valence-electron chi connectivity index (χ3n) is 4.04. The van der Waals surface area contributed by atoms with E-state index in [1.165, 1.54) is 0 Å². The van der Waals surface area contributed by atoms with Gasteiger partial charge in [-0.05, 0) is 30.9 Å². The van der Waals surface area contributed by atoms with Crippen LogP contribution in [0.5, 0.6) is 0 Å². The quantitative estimate of drug-likeness (QED) is 0.801. The summed E-state index contributed by atoms with van der Waals surface area (Å²) in [5, 5.41) is 15.0. The lowest BCUT2D eigenvalue weighted by Gasteiger charge is -2.31. The van der Waals surface area contributed by atoms with Gasteiger partial charge in [0, 0.05) is 37.7 Å². The molecule has 4 rings (SSSR count). The van der Waals surface area contributed by atoms with Crippen molar-refractivity contribution in [1.82, 2.24) is 19.6 Å². The monoisotopic (exact) mass is 315 g/mol. The van der Waals surface area contributed by atoms with Crippen LogP contribution in [0.1, 0.15) is 12.8 Å². The van der Waals surface area contributed by atoms with E-state index in [-0.39, 0.29) is 6.61 Å². The summed E-state index contributed by atoms with van der Waals surface area (Å²) in [6.45, 7) is 2.13. The topological polar surface area (TPSA) is 66.5 Å². The largest absolute Gasteiger partial charge is 0.396 e. The molecule has 3 aromatic heterocycles. The first-order chi connectivity index (χ1) is 10.8. The van der Waals surface area contributed by atoms with E-state index >= 15 is 0 Å². The number of aliphatic hydroxyl groups excluding tert-OH is 1. The molecule has 1 aliphatic heterocycles. The third-order valence-corrected chi connectivity index (χ3v) is 5.02. The highest BCUT2D eigenvalue weighted by molar-refractivity contribution is 7.20. The van der Waals surface area contributed by atoms with Crippen LogP contribution in [0.15, 0.2) is 30.7 Å². The van der Waals surface area contributed by atoms with E-state index in [0.717, 1.165) is 47.3 Å². The zero-order chi connectivity index (χ0) is 14.9. The molecule has 0 amide bonds. The molecule has 4 heterocycles. The number of aromatic nitrogens is 4. The fourth-order valence-electron chi connectivity index (χ4n) is 2.86. The molecular formula is C15H17N5OS. The number of imidazole rings is 1. The summed E-state index contributed by atoms with van der Waals surface area (Å²) in [6.07, 6.45) is 7.71. The standard InChI is InChI=1S/C15H17N5OS/c21-10-11-3-2-6-19(8-11)15-18-20-9-13(17-14(20)22-15)12-4-1-5-16-7-12/h1,4-5,7,9,11,21H,2-3,6,8,10H2. The Morgan fingerprint density at radius 3 is 3.14 bits per heavy atom. The maximum absolute atomic E-state index is 9.35. The van der Waals surface area contributed by atoms with Gasteiger partial charge < -0.3 is 10.0 Å². The number of hydrogen-bond acceptors (Lipinski definition) is 6. The normalized spacial score (nSPS) is 19.0.